The molecule has 2 nitrogen and oxygen atoms in total. The maximum atomic E-state index is 10.2. The van der Waals surface area contributed by atoms with Crippen molar-refractivity contribution in [1.29, 1.82) is 0 Å². The summed E-state index contributed by atoms with van der Waals surface area (Å²) in [5.74, 6) is 3.60. The largest absolute Gasteiger partial charge is 0.365 e. The van der Waals surface area contributed by atoms with Crippen LogP contribution in [0.15, 0.2) is 11.6 Å². The van der Waals surface area contributed by atoms with Crippen LogP contribution in [0.5, 0.6) is 0 Å². The van der Waals surface area contributed by atoms with E-state index in [0.717, 1.165) is 41.9 Å². The molecule has 0 amide bonds. The molecule has 4 aliphatic carbocycles. The second-order valence-electron chi connectivity index (χ2n) is 12.4. The standard InChI is InChI=1S/C27H46O2/c1-18(2)7-6-8-19(3)22-11-12-23-21-10-9-20-17-27(28,29)16-15-25(20,4)24(21)13-14-26(22,23)5/h9,18-19,21-24,28-29H,6-8,10-17H2,1-5H3/t19-,21?,22?,23?,24?,25?,26?/m1/s1. The van der Waals surface area contributed by atoms with Gasteiger partial charge in [-0.25, -0.2) is 0 Å². The number of allylic oxidation sites excluding steroid dienone is 1. The Morgan fingerprint density at radius 1 is 0.966 bits per heavy atom. The van der Waals surface area contributed by atoms with Crippen LogP contribution in [-0.4, -0.2) is 16.0 Å². The highest BCUT2D eigenvalue weighted by molar-refractivity contribution is 5.26. The van der Waals surface area contributed by atoms with Crippen molar-refractivity contribution in [3.8, 4) is 0 Å². The Bertz CT molecular complexity index is 634. The molecule has 166 valence electrons. The van der Waals surface area contributed by atoms with E-state index < -0.39 is 5.79 Å². The molecule has 0 aromatic heterocycles. The molecule has 0 spiro atoms. The van der Waals surface area contributed by atoms with Crippen molar-refractivity contribution in [3.05, 3.63) is 11.6 Å². The molecule has 0 aromatic rings. The molecule has 4 aliphatic rings. The highest BCUT2D eigenvalue weighted by Crippen LogP contribution is 2.67. The number of hydrogen-bond donors (Lipinski definition) is 2. The smallest absolute Gasteiger partial charge is 0.166 e. The Hall–Kier alpha value is -0.340. The Balaban J connectivity index is 1.50. The summed E-state index contributed by atoms with van der Waals surface area (Å²) in [6.45, 7) is 12.4. The van der Waals surface area contributed by atoms with E-state index in [2.05, 4.69) is 40.7 Å². The van der Waals surface area contributed by atoms with E-state index in [4.69, 9.17) is 0 Å². The molecule has 4 rings (SSSR count). The van der Waals surface area contributed by atoms with Gasteiger partial charge in [-0.2, -0.15) is 0 Å². The second-order valence-corrected chi connectivity index (χ2v) is 12.4. The number of rotatable bonds is 5. The summed E-state index contributed by atoms with van der Waals surface area (Å²) in [6, 6.07) is 0. The molecule has 6 unspecified atom stereocenters. The molecule has 3 fully saturated rings. The van der Waals surface area contributed by atoms with Gasteiger partial charge in [-0.3, -0.25) is 0 Å². The number of aliphatic hydroxyl groups is 2. The predicted molar refractivity (Wildman–Crippen MR) is 120 cm³/mol. The van der Waals surface area contributed by atoms with Gasteiger partial charge in [0.2, 0.25) is 0 Å². The minimum absolute atomic E-state index is 0.209. The fourth-order valence-corrected chi connectivity index (χ4v) is 8.65. The minimum atomic E-state index is -1.47. The van der Waals surface area contributed by atoms with Gasteiger partial charge in [0.1, 0.15) is 0 Å². The number of hydrogen-bond acceptors (Lipinski definition) is 2. The molecule has 0 saturated heterocycles. The van der Waals surface area contributed by atoms with Gasteiger partial charge in [-0.15, -0.1) is 0 Å². The summed E-state index contributed by atoms with van der Waals surface area (Å²) in [4.78, 5) is 0. The van der Waals surface area contributed by atoms with E-state index in [1.165, 1.54) is 56.9 Å². The lowest BCUT2D eigenvalue weighted by molar-refractivity contribution is -0.189. The van der Waals surface area contributed by atoms with E-state index in [0.29, 0.717) is 18.3 Å². The van der Waals surface area contributed by atoms with Gasteiger partial charge in [0.05, 0.1) is 0 Å². The molecule has 2 N–H and O–H groups in total. The van der Waals surface area contributed by atoms with Crippen LogP contribution < -0.4 is 0 Å². The topological polar surface area (TPSA) is 40.5 Å². The SMILES string of the molecule is CC(C)CCC[C@@H](C)C1CCC2C3CC=C4CC(O)(O)CCC4(C)C3CCC21C. The van der Waals surface area contributed by atoms with Gasteiger partial charge in [0, 0.05) is 12.8 Å². The zero-order valence-corrected chi connectivity index (χ0v) is 19.7. The zero-order valence-electron chi connectivity index (χ0n) is 19.7. The lowest BCUT2D eigenvalue weighted by atomic mass is 9.46. The first-order chi connectivity index (χ1) is 13.6. The van der Waals surface area contributed by atoms with Crippen molar-refractivity contribution >= 4 is 0 Å². The Morgan fingerprint density at radius 3 is 2.45 bits per heavy atom. The van der Waals surface area contributed by atoms with Crippen LogP contribution in [0.25, 0.3) is 0 Å². The third-order valence-corrected chi connectivity index (χ3v) is 10.3. The van der Waals surface area contributed by atoms with Crippen LogP contribution in [0.3, 0.4) is 0 Å². The molecule has 3 saturated carbocycles. The third-order valence-electron chi connectivity index (χ3n) is 10.3. The Morgan fingerprint density at radius 2 is 1.72 bits per heavy atom. The van der Waals surface area contributed by atoms with Crippen LogP contribution in [0.4, 0.5) is 0 Å². The van der Waals surface area contributed by atoms with Crippen LogP contribution in [0.1, 0.15) is 105 Å². The molecule has 7 atom stereocenters. The second kappa shape index (κ2) is 7.66. The predicted octanol–water partition coefficient (Wildman–Crippen LogP) is 6.71. The van der Waals surface area contributed by atoms with Crippen molar-refractivity contribution in [1.82, 2.24) is 0 Å². The molecule has 0 bridgehead atoms. The summed E-state index contributed by atoms with van der Waals surface area (Å²) in [6.07, 6.45) is 15.4. The van der Waals surface area contributed by atoms with Crippen LogP contribution in [0, 0.1) is 46.3 Å². The molecule has 0 aromatic carbocycles. The quantitative estimate of drug-likeness (QED) is 0.396. The van der Waals surface area contributed by atoms with E-state index in [-0.39, 0.29) is 5.41 Å². The Labute approximate surface area is 179 Å². The maximum absolute atomic E-state index is 10.2. The molecular weight excluding hydrogens is 356 g/mol. The summed E-state index contributed by atoms with van der Waals surface area (Å²) in [7, 11) is 0. The van der Waals surface area contributed by atoms with Gasteiger partial charge < -0.3 is 10.2 Å². The van der Waals surface area contributed by atoms with Crippen molar-refractivity contribution < 1.29 is 10.2 Å². The minimum Gasteiger partial charge on any atom is -0.365 e. The van der Waals surface area contributed by atoms with Crippen molar-refractivity contribution in [3.63, 3.8) is 0 Å². The first kappa shape index (κ1) is 21.9. The van der Waals surface area contributed by atoms with E-state index in [9.17, 15) is 10.2 Å². The first-order valence-electron chi connectivity index (χ1n) is 12.7. The van der Waals surface area contributed by atoms with Crippen molar-refractivity contribution in [2.45, 2.75) is 111 Å². The van der Waals surface area contributed by atoms with E-state index in [1.54, 1.807) is 0 Å². The fraction of sp³-hybridized carbons (Fsp3) is 0.926. The molecule has 0 heterocycles. The fourth-order valence-electron chi connectivity index (χ4n) is 8.65. The van der Waals surface area contributed by atoms with Gasteiger partial charge in [0.15, 0.2) is 5.79 Å². The van der Waals surface area contributed by atoms with E-state index in [1.807, 2.05) is 0 Å². The lowest BCUT2D eigenvalue weighted by Crippen LogP contribution is -2.52. The monoisotopic (exact) mass is 402 g/mol. The van der Waals surface area contributed by atoms with E-state index >= 15 is 0 Å². The maximum Gasteiger partial charge on any atom is 0.166 e. The molecule has 29 heavy (non-hydrogen) atoms. The molecule has 2 heteroatoms. The summed E-state index contributed by atoms with van der Waals surface area (Å²) in [5, 5.41) is 20.5. The highest BCUT2D eigenvalue weighted by atomic mass is 16.5. The summed E-state index contributed by atoms with van der Waals surface area (Å²) in [5.41, 5.74) is 2.10. The zero-order chi connectivity index (χ0) is 21.0. The van der Waals surface area contributed by atoms with Crippen molar-refractivity contribution in [2.24, 2.45) is 46.3 Å². The van der Waals surface area contributed by atoms with Crippen LogP contribution >= 0.6 is 0 Å². The Kier molecular flexibility index (Phi) is 5.78. The van der Waals surface area contributed by atoms with Crippen molar-refractivity contribution in [2.75, 3.05) is 0 Å². The molecule has 0 radical (unpaired) electrons. The normalized spacial score (nSPS) is 44.6. The van der Waals surface area contributed by atoms with Gasteiger partial charge in [0.25, 0.3) is 0 Å². The van der Waals surface area contributed by atoms with Crippen LogP contribution in [0.2, 0.25) is 0 Å². The molecular formula is C27H46O2. The van der Waals surface area contributed by atoms with Crippen LogP contribution in [-0.2, 0) is 0 Å². The third kappa shape index (κ3) is 3.75. The average Bonchev–Trinajstić information content (AvgIpc) is 2.99. The molecule has 0 aliphatic heterocycles. The van der Waals surface area contributed by atoms with Gasteiger partial charge in [-0.1, -0.05) is 65.5 Å². The summed E-state index contributed by atoms with van der Waals surface area (Å²) >= 11 is 0. The van der Waals surface area contributed by atoms with Gasteiger partial charge in [-0.05, 0) is 84.9 Å². The first-order valence-corrected chi connectivity index (χ1v) is 12.7. The van der Waals surface area contributed by atoms with Gasteiger partial charge >= 0.3 is 0 Å². The average molecular weight is 403 g/mol. The number of fused-ring (bicyclic) bond motifs is 5. The summed E-state index contributed by atoms with van der Waals surface area (Å²) < 4.78 is 0. The lowest BCUT2D eigenvalue weighted by Gasteiger charge is -2.59. The highest BCUT2D eigenvalue weighted by Gasteiger charge is 2.59.